The van der Waals surface area contributed by atoms with Gasteiger partial charge in [-0.05, 0) is 36.4 Å². The summed E-state index contributed by atoms with van der Waals surface area (Å²) >= 11 is 1.69. The van der Waals surface area contributed by atoms with Gasteiger partial charge < -0.3 is 19.2 Å². The van der Waals surface area contributed by atoms with Gasteiger partial charge in [0.05, 0.1) is 16.8 Å². The van der Waals surface area contributed by atoms with E-state index in [0.29, 0.717) is 11.5 Å². The van der Waals surface area contributed by atoms with E-state index in [1.807, 2.05) is 6.07 Å². The zero-order chi connectivity index (χ0) is 19.6. The Kier molecular flexibility index (Phi) is 4.65. The van der Waals surface area contributed by atoms with Crippen LogP contribution in [-0.4, -0.2) is 40.4 Å². The molecule has 29 heavy (non-hydrogen) atoms. The minimum atomic E-state index is -0.232. The molecule has 148 valence electrons. The number of amides is 1. The minimum Gasteiger partial charge on any atom is -0.461 e. The molecule has 0 atom stereocenters. The lowest BCUT2D eigenvalue weighted by molar-refractivity contribution is 0.0922. The number of H-pyrrole nitrogens is 1. The van der Waals surface area contributed by atoms with E-state index < -0.39 is 0 Å². The molecule has 1 amide bonds. The summed E-state index contributed by atoms with van der Waals surface area (Å²) in [5, 5.41) is 16.5. The van der Waals surface area contributed by atoms with Gasteiger partial charge in [-0.1, -0.05) is 11.2 Å². The SMILES string of the molecule is O=C(NC1CCN(c2cc(-c3cccs3)[nH]n2)CC1)c1cc(-c2ccco2)on1. The number of aromatic nitrogens is 3. The van der Waals surface area contributed by atoms with Crippen LogP contribution in [0.3, 0.4) is 0 Å². The molecule has 1 fully saturated rings. The molecule has 0 saturated carbocycles. The van der Waals surface area contributed by atoms with E-state index in [-0.39, 0.29) is 17.6 Å². The molecule has 1 aliphatic heterocycles. The smallest absolute Gasteiger partial charge is 0.273 e. The monoisotopic (exact) mass is 409 g/mol. The number of hydrogen-bond donors (Lipinski definition) is 2. The van der Waals surface area contributed by atoms with Crippen LogP contribution in [0.2, 0.25) is 0 Å². The predicted molar refractivity (Wildman–Crippen MR) is 109 cm³/mol. The van der Waals surface area contributed by atoms with Crippen LogP contribution in [0, 0.1) is 0 Å². The molecule has 4 aromatic rings. The second-order valence-corrected chi connectivity index (χ2v) is 7.85. The largest absolute Gasteiger partial charge is 0.461 e. The van der Waals surface area contributed by atoms with Gasteiger partial charge in [0.15, 0.2) is 17.3 Å². The van der Waals surface area contributed by atoms with E-state index in [4.69, 9.17) is 8.94 Å². The Hall–Kier alpha value is -3.33. The van der Waals surface area contributed by atoms with Gasteiger partial charge in [-0.2, -0.15) is 5.10 Å². The molecule has 9 heteroatoms. The molecule has 8 nitrogen and oxygen atoms in total. The number of carbonyl (C=O) groups is 1. The molecule has 0 aromatic carbocycles. The summed E-state index contributed by atoms with van der Waals surface area (Å²) in [4.78, 5) is 15.9. The van der Waals surface area contributed by atoms with E-state index in [9.17, 15) is 4.79 Å². The summed E-state index contributed by atoms with van der Waals surface area (Å²) < 4.78 is 10.5. The molecule has 0 radical (unpaired) electrons. The zero-order valence-corrected chi connectivity index (χ0v) is 16.3. The van der Waals surface area contributed by atoms with Gasteiger partial charge in [0, 0.05) is 31.3 Å². The van der Waals surface area contributed by atoms with Crippen molar-refractivity contribution in [1.82, 2.24) is 20.7 Å². The highest BCUT2D eigenvalue weighted by molar-refractivity contribution is 7.13. The van der Waals surface area contributed by atoms with Crippen LogP contribution in [0.4, 0.5) is 5.82 Å². The molecule has 0 bridgehead atoms. The zero-order valence-electron chi connectivity index (χ0n) is 15.5. The van der Waals surface area contributed by atoms with Crippen LogP contribution in [-0.2, 0) is 0 Å². The third kappa shape index (κ3) is 3.68. The standard InChI is InChI=1S/C20H19N5O3S/c26-20(15-11-17(28-24-15)16-3-1-9-27-16)21-13-5-7-25(8-6-13)19-12-14(22-23-19)18-4-2-10-29-18/h1-4,9-13H,5-8H2,(H,21,26)(H,22,23). The molecule has 0 aliphatic carbocycles. The lowest BCUT2D eigenvalue weighted by Gasteiger charge is -2.32. The third-order valence-electron chi connectivity index (χ3n) is 5.01. The number of rotatable bonds is 5. The van der Waals surface area contributed by atoms with Crippen molar-refractivity contribution in [1.29, 1.82) is 0 Å². The van der Waals surface area contributed by atoms with Crippen molar-refractivity contribution < 1.29 is 13.7 Å². The first-order valence-electron chi connectivity index (χ1n) is 9.42. The fourth-order valence-corrected chi connectivity index (χ4v) is 4.15. The minimum absolute atomic E-state index is 0.0956. The van der Waals surface area contributed by atoms with E-state index in [1.165, 1.54) is 4.88 Å². The Bertz CT molecular complexity index is 1080. The van der Waals surface area contributed by atoms with E-state index >= 15 is 0 Å². The van der Waals surface area contributed by atoms with E-state index in [2.05, 4.69) is 43.1 Å². The highest BCUT2D eigenvalue weighted by Gasteiger charge is 2.24. The fourth-order valence-electron chi connectivity index (χ4n) is 3.46. The van der Waals surface area contributed by atoms with Gasteiger partial charge >= 0.3 is 0 Å². The van der Waals surface area contributed by atoms with Gasteiger partial charge in [0.25, 0.3) is 5.91 Å². The van der Waals surface area contributed by atoms with Crippen LogP contribution >= 0.6 is 11.3 Å². The van der Waals surface area contributed by atoms with Crippen molar-refractivity contribution in [3.05, 3.63) is 53.7 Å². The maximum atomic E-state index is 12.5. The average molecular weight is 409 g/mol. The first-order valence-corrected chi connectivity index (χ1v) is 10.3. The number of furan rings is 1. The Balaban J connectivity index is 1.17. The summed E-state index contributed by atoms with van der Waals surface area (Å²) in [6.45, 7) is 1.66. The van der Waals surface area contributed by atoms with Crippen molar-refractivity contribution in [3.8, 4) is 22.1 Å². The molecule has 1 aliphatic rings. The number of hydrogen-bond acceptors (Lipinski definition) is 7. The molecule has 5 rings (SSSR count). The van der Waals surface area contributed by atoms with E-state index in [1.54, 1.807) is 35.8 Å². The molecular formula is C20H19N5O3S. The van der Waals surface area contributed by atoms with Crippen LogP contribution in [0.25, 0.3) is 22.1 Å². The Morgan fingerprint density at radius 3 is 2.86 bits per heavy atom. The Labute approximate surface area is 170 Å². The van der Waals surface area contributed by atoms with Crippen LogP contribution in [0.15, 0.2) is 57.0 Å². The molecule has 5 heterocycles. The lowest BCUT2D eigenvalue weighted by Crippen LogP contribution is -2.44. The summed E-state index contributed by atoms with van der Waals surface area (Å²) in [6, 6.07) is 11.4. The second-order valence-electron chi connectivity index (χ2n) is 6.91. The van der Waals surface area contributed by atoms with Gasteiger partial charge in [-0.25, -0.2) is 0 Å². The molecule has 0 unspecified atom stereocenters. The molecule has 4 aromatic heterocycles. The number of thiophene rings is 1. The fraction of sp³-hybridized carbons (Fsp3) is 0.250. The number of carbonyl (C=O) groups excluding carboxylic acids is 1. The lowest BCUT2D eigenvalue weighted by atomic mass is 10.0. The third-order valence-corrected chi connectivity index (χ3v) is 5.92. The van der Waals surface area contributed by atoms with Crippen molar-refractivity contribution >= 4 is 23.1 Å². The number of nitrogens with zero attached hydrogens (tertiary/aromatic N) is 3. The molecular weight excluding hydrogens is 390 g/mol. The number of nitrogens with one attached hydrogen (secondary N) is 2. The van der Waals surface area contributed by atoms with Crippen LogP contribution < -0.4 is 10.2 Å². The topological polar surface area (TPSA) is 100 Å². The quantitative estimate of drug-likeness (QED) is 0.520. The van der Waals surface area contributed by atoms with Gasteiger partial charge in [-0.15, -0.1) is 11.3 Å². The van der Waals surface area contributed by atoms with Crippen molar-refractivity contribution in [2.75, 3.05) is 18.0 Å². The summed E-state index contributed by atoms with van der Waals surface area (Å²) in [7, 11) is 0. The second kappa shape index (κ2) is 7.59. The van der Waals surface area contributed by atoms with Gasteiger partial charge in [-0.3, -0.25) is 9.89 Å². The normalized spacial score (nSPS) is 15.0. The summed E-state index contributed by atoms with van der Waals surface area (Å²) in [6.07, 6.45) is 3.24. The highest BCUT2D eigenvalue weighted by Crippen LogP contribution is 2.27. The summed E-state index contributed by atoms with van der Waals surface area (Å²) in [5.41, 5.74) is 1.29. The average Bonchev–Trinajstić information content (AvgIpc) is 3.55. The van der Waals surface area contributed by atoms with Crippen molar-refractivity contribution in [2.45, 2.75) is 18.9 Å². The molecule has 1 saturated heterocycles. The Morgan fingerprint density at radius 1 is 1.21 bits per heavy atom. The Morgan fingerprint density at radius 2 is 2.10 bits per heavy atom. The van der Waals surface area contributed by atoms with Crippen molar-refractivity contribution in [3.63, 3.8) is 0 Å². The highest BCUT2D eigenvalue weighted by atomic mass is 32.1. The van der Waals surface area contributed by atoms with Gasteiger partial charge in [0.2, 0.25) is 5.76 Å². The number of piperidine rings is 1. The summed E-state index contributed by atoms with van der Waals surface area (Å²) in [5.74, 6) is 1.70. The first-order chi connectivity index (χ1) is 14.3. The predicted octanol–water partition coefficient (Wildman–Crippen LogP) is 3.79. The number of anilines is 1. The molecule has 0 spiro atoms. The van der Waals surface area contributed by atoms with Crippen LogP contribution in [0.5, 0.6) is 0 Å². The maximum absolute atomic E-state index is 12.5. The van der Waals surface area contributed by atoms with Crippen LogP contribution in [0.1, 0.15) is 23.3 Å². The van der Waals surface area contributed by atoms with E-state index in [0.717, 1.165) is 37.4 Å². The maximum Gasteiger partial charge on any atom is 0.273 e. The van der Waals surface area contributed by atoms with Crippen molar-refractivity contribution in [2.24, 2.45) is 0 Å². The number of aromatic amines is 1. The molecule has 2 N–H and O–H groups in total. The first kappa shape index (κ1) is 17.7. The van der Waals surface area contributed by atoms with Gasteiger partial charge in [0.1, 0.15) is 0 Å².